The van der Waals surface area contributed by atoms with Gasteiger partial charge in [-0.25, -0.2) is 13.2 Å². The summed E-state index contributed by atoms with van der Waals surface area (Å²) in [5, 5.41) is 0. The van der Waals surface area contributed by atoms with Crippen LogP contribution in [0.4, 0.5) is 0 Å². The molecule has 0 aliphatic heterocycles. The van der Waals surface area contributed by atoms with E-state index in [0.29, 0.717) is 11.1 Å². The molecule has 0 heterocycles. The third-order valence-corrected chi connectivity index (χ3v) is 3.23. The van der Waals surface area contributed by atoms with Crippen LogP contribution in [0.15, 0.2) is 12.1 Å². The molecule has 0 bridgehead atoms. The quantitative estimate of drug-likeness (QED) is 0.654. The molecule has 0 aromatic heterocycles. The number of carbonyl (C=O) groups excluding carboxylic acids is 1. The standard InChI is InChI=1S/C12H16O4S/c1-4-9-5-8(2)11(12(13)16-3)6-10(9)7-17(14)15/h5-6,17H,4,7H2,1-3H3. The van der Waals surface area contributed by atoms with Crippen molar-refractivity contribution in [3.05, 3.63) is 34.4 Å². The molecular weight excluding hydrogens is 240 g/mol. The van der Waals surface area contributed by atoms with Crippen LogP contribution in [0, 0.1) is 6.92 Å². The molecule has 0 amide bonds. The Morgan fingerprint density at radius 1 is 1.29 bits per heavy atom. The minimum Gasteiger partial charge on any atom is -0.465 e. The smallest absolute Gasteiger partial charge is 0.338 e. The molecule has 17 heavy (non-hydrogen) atoms. The van der Waals surface area contributed by atoms with Gasteiger partial charge in [0.25, 0.3) is 0 Å². The van der Waals surface area contributed by atoms with Crippen LogP contribution in [0.3, 0.4) is 0 Å². The van der Waals surface area contributed by atoms with Crippen LogP contribution >= 0.6 is 0 Å². The first-order valence-electron chi connectivity index (χ1n) is 5.32. The van der Waals surface area contributed by atoms with Gasteiger partial charge >= 0.3 is 5.97 Å². The number of methoxy groups -OCH3 is 1. The van der Waals surface area contributed by atoms with Gasteiger partial charge in [-0.15, -0.1) is 0 Å². The molecule has 1 aromatic rings. The van der Waals surface area contributed by atoms with E-state index in [1.807, 2.05) is 19.9 Å². The highest BCUT2D eigenvalue weighted by Gasteiger charge is 2.13. The molecule has 1 rings (SSSR count). The summed E-state index contributed by atoms with van der Waals surface area (Å²) in [5.41, 5.74) is 2.86. The zero-order valence-corrected chi connectivity index (χ0v) is 11.0. The van der Waals surface area contributed by atoms with Crippen molar-refractivity contribution >= 4 is 16.7 Å². The number of esters is 1. The second kappa shape index (κ2) is 5.82. The van der Waals surface area contributed by atoms with Crippen molar-refractivity contribution in [2.45, 2.75) is 26.0 Å². The van der Waals surface area contributed by atoms with Crippen molar-refractivity contribution in [1.82, 2.24) is 0 Å². The zero-order valence-electron chi connectivity index (χ0n) is 10.1. The number of benzene rings is 1. The average Bonchev–Trinajstić information content (AvgIpc) is 2.29. The molecule has 1 aromatic carbocycles. The van der Waals surface area contributed by atoms with Crippen LogP contribution in [-0.4, -0.2) is 21.5 Å². The number of carbonyl (C=O) groups is 1. The lowest BCUT2D eigenvalue weighted by Crippen LogP contribution is -2.07. The van der Waals surface area contributed by atoms with Crippen LogP contribution in [0.5, 0.6) is 0 Å². The summed E-state index contributed by atoms with van der Waals surface area (Å²) < 4.78 is 26.2. The van der Waals surface area contributed by atoms with Crippen LogP contribution in [0.25, 0.3) is 0 Å². The van der Waals surface area contributed by atoms with E-state index in [4.69, 9.17) is 0 Å². The van der Waals surface area contributed by atoms with Crippen molar-refractivity contribution in [3.63, 3.8) is 0 Å². The zero-order chi connectivity index (χ0) is 13.0. The lowest BCUT2D eigenvalue weighted by atomic mass is 9.98. The average molecular weight is 256 g/mol. The minimum atomic E-state index is -2.50. The minimum absolute atomic E-state index is 0.0389. The summed E-state index contributed by atoms with van der Waals surface area (Å²) in [7, 11) is -1.19. The second-order valence-electron chi connectivity index (χ2n) is 3.77. The lowest BCUT2D eigenvalue weighted by Gasteiger charge is -2.10. The number of ether oxygens (including phenoxy) is 1. The third-order valence-electron chi connectivity index (χ3n) is 2.63. The van der Waals surface area contributed by atoms with Gasteiger partial charge in [0, 0.05) is 0 Å². The van der Waals surface area contributed by atoms with Gasteiger partial charge in [-0.2, -0.15) is 0 Å². The summed E-state index contributed by atoms with van der Waals surface area (Å²) in [4.78, 5) is 11.5. The fourth-order valence-corrected chi connectivity index (χ4v) is 2.33. The molecule has 0 unspecified atom stereocenters. The van der Waals surface area contributed by atoms with Crippen molar-refractivity contribution in [1.29, 1.82) is 0 Å². The number of thiol groups is 1. The number of rotatable bonds is 4. The number of hydrogen-bond donors (Lipinski definition) is 1. The normalized spacial score (nSPS) is 10.6. The third kappa shape index (κ3) is 3.30. The molecule has 0 saturated heterocycles. The first-order valence-corrected chi connectivity index (χ1v) is 6.68. The van der Waals surface area contributed by atoms with Crippen LogP contribution in [0.1, 0.15) is 34.0 Å². The summed E-state index contributed by atoms with van der Waals surface area (Å²) in [5.74, 6) is -0.476. The SMILES string of the molecule is CCc1cc(C)c(C(=O)OC)cc1C[SH](=O)=O. The summed E-state index contributed by atoms with van der Waals surface area (Å²) in [6.07, 6.45) is 0.737. The van der Waals surface area contributed by atoms with Crippen LogP contribution in [0.2, 0.25) is 0 Å². The maximum Gasteiger partial charge on any atom is 0.338 e. The first-order chi connectivity index (χ1) is 7.99. The highest BCUT2D eigenvalue weighted by molar-refractivity contribution is 7.71. The molecule has 0 fully saturated rings. The maximum absolute atomic E-state index is 11.5. The lowest BCUT2D eigenvalue weighted by molar-refractivity contribution is 0.0600. The monoisotopic (exact) mass is 256 g/mol. The van der Waals surface area contributed by atoms with E-state index in [-0.39, 0.29) is 5.75 Å². The second-order valence-corrected chi connectivity index (χ2v) is 4.75. The molecule has 0 radical (unpaired) electrons. The Morgan fingerprint density at radius 2 is 1.94 bits per heavy atom. The molecule has 4 nitrogen and oxygen atoms in total. The fourth-order valence-electron chi connectivity index (χ4n) is 1.76. The maximum atomic E-state index is 11.5. The summed E-state index contributed by atoms with van der Waals surface area (Å²) >= 11 is 0. The Bertz CT molecular complexity index is 495. The Morgan fingerprint density at radius 3 is 2.41 bits per heavy atom. The van der Waals surface area contributed by atoms with Gasteiger partial charge in [0.05, 0.1) is 18.4 Å². The van der Waals surface area contributed by atoms with E-state index in [1.54, 1.807) is 6.07 Å². The predicted molar refractivity (Wildman–Crippen MR) is 65.9 cm³/mol. The van der Waals surface area contributed by atoms with E-state index < -0.39 is 16.7 Å². The van der Waals surface area contributed by atoms with Crippen LogP contribution < -0.4 is 0 Å². The van der Waals surface area contributed by atoms with Gasteiger partial charge in [0.1, 0.15) is 10.7 Å². The first kappa shape index (κ1) is 13.7. The van der Waals surface area contributed by atoms with E-state index in [1.165, 1.54) is 7.11 Å². The molecule has 0 atom stereocenters. The van der Waals surface area contributed by atoms with E-state index in [9.17, 15) is 13.2 Å². The topological polar surface area (TPSA) is 60.4 Å². The van der Waals surface area contributed by atoms with E-state index >= 15 is 0 Å². The van der Waals surface area contributed by atoms with Crippen LogP contribution in [-0.2, 0) is 27.6 Å². The predicted octanol–water partition coefficient (Wildman–Crippen LogP) is 1.46. The number of aryl methyl sites for hydroxylation is 2. The van der Waals surface area contributed by atoms with Gasteiger partial charge < -0.3 is 4.74 Å². The van der Waals surface area contributed by atoms with Gasteiger partial charge in [0.15, 0.2) is 0 Å². The van der Waals surface area contributed by atoms with Gasteiger partial charge in [0.2, 0.25) is 0 Å². The van der Waals surface area contributed by atoms with Crippen molar-refractivity contribution in [2.24, 2.45) is 0 Å². The Labute approximate surface area is 103 Å². The summed E-state index contributed by atoms with van der Waals surface area (Å²) in [6.45, 7) is 3.76. The van der Waals surface area contributed by atoms with Gasteiger partial charge in [-0.1, -0.05) is 13.0 Å². The Hall–Kier alpha value is -1.36. The Kier molecular flexibility index (Phi) is 4.69. The largest absolute Gasteiger partial charge is 0.465 e. The van der Waals surface area contributed by atoms with Crippen molar-refractivity contribution in [3.8, 4) is 0 Å². The molecule has 94 valence electrons. The fraction of sp³-hybridized carbons (Fsp3) is 0.417. The molecule has 0 aliphatic rings. The van der Waals surface area contributed by atoms with Gasteiger partial charge in [-0.3, -0.25) is 0 Å². The molecule has 0 saturated carbocycles. The highest BCUT2D eigenvalue weighted by Crippen LogP contribution is 2.19. The van der Waals surface area contributed by atoms with Gasteiger partial charge in [-0.05, 0) is 36.1 Å². The molecule has 0 aliphatic carbocycles. The summed E-state index contributed by atoms with van der Waals surface area (Å²) in [6, 6.07) is 3.46. The van der Waals surface area contributed by atoms with Crippen molar-refractivity contribution < 1.29 is 17.9 Å². The Balaban J connectivity index is 3.31. The number of hydrogen-bond acceptors (Lipinski definition) is 4. The molecule has 0 spiro atoms. The highest BCUT2D eigenvalue weighted by atomic mass is 32.2. The van der Waals surface area contributed by atoms with Crippen molar-refractivity contribution in [2.75, 3.05) is 7.11 Å². The molecular formula is C12H16O4S. The van der Waals surface area contributed by atoms with E-state index in [0.717, 1.165) is 17.5 Å². The molecule has 5 heteroatoms. The van der Waals surface area contributed by atoms with E-state index in [2.05, 4.69) is 4.74 Å². The molecule has 0 N–H and O–H groups in total.